The smallest absolute Gasteiger partial charge is 0.0540 e. The van der Waals surface area contributed by atoms with Crippen LogP contribution < -0.4 is 0 Å². The Morgan fingerprint density at radius 1 is 1.45 bits per heavy atom. The van der Waals surface area contributed by atoms with Gasteiger partial charge in [-0.25, -0.2) is 0 Å². The molecule has 0 rings (SSSR count). The minimum atomic E-state index is -0.0839. The molecule has 0 spiro atoms. The second-order valence-electron chi connectivity index (χ2n) is 3.29. The van der Waals surface area contributed by atoms with Crippen molar-refractivity contribution < 1.29 is 5.11 Å². The van der Waals surface area contributed by atoms with E-state index in [0.29, 0.717) is 0 Å². The minimum Gasteiger partial charge on any atom is -0.393 e. The van der Waals surface area contributed by atoms with Gasteiger partial charge >= 0.3 is 0 Å². The molecule has 66 valence electrons. The van der Waals surface area contributed by atoms with Crippen molar-refractivity contribution in [2.24, 2.45) is 0 Å². The van der Waals surface area contributed by atoms with Gasteiger partial charge in [0.15, 0.2) is 0 Å². The molecule has 11 heavy (non-hydrogen) atoms. The number of aliphatic hydroxyl groups excluding tert-OH is 1. The van der Waals surface area contributed by atoms with Crippen LogP contribution in [0.1, 0.15) is 46.0 Å². The Hall–Kier alpha value is -0.300. The second kappa shape index (κ2) is 6.41. The zero-order chi connectivity index (χ0) is 8.69. The Balaban J connectivity index is 3.16. The molecule has 0 aliphatic carbocycles. The van der Waals surface area contributed by atoms with Gasteiger partial charge in [0.2, 0.25) is 0 Å². The fourth-order valence-corrected chi connectivity index (χ4v) is 1.12. The Labute approximate surface area is 70.1 Å². The van der Waals surface area contributed by atoms with Gasteiger partial charge in [-0.3, -0.25) is 0 Å². The maximum atomic E-state index is 9.33. The van der Waals surface area contributed by atoms with Crippen molar-refractivity contribution in [2.75, 3.05) is 0 Å². The summed E-state index contributed by atoms with van der Waals surface area (Å²) in [5, 5.41) is 9.33. The van der Waals surface area contributed by atoms with Gasteiger partial charge < -0.3 is 5.11 Å². The molecular weight excluding hydrogens is 136 g/mol. The molecule has 0 saturated heterocycles. The summed E-state index contributed by atoms with van der Waals surface area (Å²) in [7, 11) is 0. The molecular formula is C10H20O. The Kier molecular flexibility index (Phi) is 6.24. The molecule has 1 nitrogen and oxygen atoms in total. The van der Waals surface area contributed by atoms with E-state index in [4.69, 9.17) is 0 Å². The summed E-state index contributed by atoms with van der Waals surface area (Å²) in [4.78, 5) is 0. The Morgan fingerprint density at radius 2 is 2.09 bits per heavy atom. The van der Waals surface area contributed by atoms with Crippen LogP contribution >= 0.6 is 0 Å². The summed E-state index contributed by atoms with van der Waals surface area (Å²) in [6, 6.07) is 0. The van der Waals surface area contributed by atoms with Gasteiger partial charge in [0.25, 0.3) is 0 Å². The lowest BCUT2D eigenvalue weighted by Crippen LogP contribution is -2.04. The predicted molar refractivity (Wildman–Crippen MR) is 49.6 cm³/mol. The summed E-state index contributed by atoms with van der Waals surface area (Å²) in [5.74, 6) is 0. The van der Waals surface area contributed by atoms with Gasteiger partial charge in [0.1, 0.15) is 0 Å². The van der Waals surface area contributed by atoms with Gasteiger partial charge in [-0.05, 0) is 32.6 Å². The maximum Gasteiger partial charge on any atom is 0.0540 e. The van der Waals surface area contributed by atoms with Gasteiger partial charge in [-0.15, -0.1) is 6.58 Å². The quantitative estimate of drug-likeness (QED) is 0.586. The standard InChI is InChI=1S/C10H20O/c1-4-6-10(11)8-5-7-9(2)3/h10-11H,2,4-8H2,1,3H3. The third-order valence-electron chi connectivity index (χ3n) is 1.76. The first-order chi connectivity index (χ1) is 5.16. The lowest BCUT2D eigenvalue weighted by Gasteiger charge is -2.07. The van der Waals surface area contributed by atoms with E-state index in [2.05, 4.69) is 13.5 Å². The molecule has 0 heterocycles. The fraction of sp³-hybridized carbons (Fsp3) is 0.800. The lowest BCUT2D eigenvalue weighted by atomic mass is 10.1. The highest BCUT2D eigenvalue weighted by atomic mass is 16.3. The molecule has 0 aromatic heterocycles. The third kappa shape index (κ3) is 7.60. The van der Waals surface area contributed by atoms with Crippen LogP contribution in [0.25, 0.3) is 0 Å². The van der Waals surface area contributed by atoms with Gasteiger partial charge in [-0.2, -0.15) is 0 Å². The van der Waals surface area contributed by atoms with E-state index in [-0.39, 0.29) is 6.10 Å². The maximum absolute atomic E-state index is 9.33. The SMILES string of the molecule is C=C(C)CCCC(O)CCC. The zero-order valence-electron chi connectivity index (χ0n) is 7.77. The van der Waals surface area contributed by atoms with Crippen LogP contribution in [-0.4, -0.2) is 11.2 Å². The second-order valence-corrected chi connectivity index (χ2v) is 3.29. The summed E-state index contributed by atoms with van der Waals surface area (Å²) >= 11 is 0. The van der Waals surface area contributed by atoms with E-state index < -0.39 is 0 Å². The molecule has 0 radical (unpaired) electrons. The molecule has 0 aliphatic heterocycles. The van der Waals surface area contributed by atoms with Gasteiger partial charge in [0.05, 0.1) is 6.10 Å². The highest BCUT2D eigenvalue weighted by Crippen LogP contribution is 2.09. The van der Waals surface area contributed by atoms with E-state index >= 15 is 0 Å². The van der Waals surface area contributed by atoms with Crippen molar-refractivity contribution in [3.8, 4) is 0 Å². The third-order valence-corrected chi connectivity index (χ3v) is 1.76. The first-order valence-electron chi connectivity index (χ1n) is 4.49. The zero-order valence-corrected chi connectivity index (χ0v) is 7.77. The summed E-state index contributed by atoms with van der Waals surface area (Å²) < 4.78 is 0. The van der Waals surface area contributed by atoms with Crippen molar-refractivity contribution in [3.63, 3.8) is 0 Å². The molecule has 1 N–H and O–H groups in total. The van der Waals surface area contributed by atoms with Crippen LogP contribution in [0.5, 0.6) is 0 Å². The van der Waals surface area contributed by atoms with Crippen molar-refractivity contribution in [3.05, 3.63) is 12.2 Å². The molecule has 0 fully saturated rings. The summed E-state index contributed by atoms with van der Waals surface area (Å²) in [6.45, 7) is 7.95. The normalized spacial score (nSPS) is 13.0. The van der Waals surface area contributed by atoms with Crippen molar-refractivity contribution >= 4 is 0 Å². The van der Waals surface area contributed by atoms with E-state index in [1.165, 1.54) is 5.57 Å². The summed E-state index contributed by atoms with van der Waals surface area (Å²) in [5.41, 5.74) is 1.22. The fourth-order valence-electron chi connectivity index (χ4n) is 1.12. The molecule has 0 aromatic carbocycles. The highest BCUT2D eigenvalue weighted by Gasteiger charge is 2.00. The molecule has 1 heteroatoms. The van der Waals surface area contributed by atoms with Crippen LogP contribution in [0.4, 0.5) is 0 Å². The van der Waals surface area contributed by atoms with E-state index in [1.807, 2.05) is 6.92 Å². The molecule has 0 aromatic rings. The number of hydrogen-bond donors (Lipinski definition) is 1. The van der Waals surface area contributed by atoms with Crippen molar-refractivity contribution in [1.29, 1.82) is 0 Å². The molecule has 0 aliphatic rings. The average Bonchev–Trinajstić information content (AvgIpc) is 1.87. The largest absolute Gasteiger partial charge is 0.393 e. The van der Waals surface area contributed by atoms with Crippen LogP contribution in [0.15, 0.2) is 12.2 Å². The Morgan fingerprint density at radius 3 is 2.55 bits per heavy atom. The van der Waals surface area contributed by atoms with Crippen LogP contribution in [0.2, 0.25) is 0 Å². The molecule has 1 unspecified atom stereocenters. The van der Waals surface area contributed by atoms with E-state index in [9.17, 15) is 5.11 Å². The topological polar surface area (TPSA) is 20.2 Å². The summed E-state index contributed by atoms with van der Waals surface area (Å²) in [6.07, 6.45) is 5.00. The highest BCUT2D eigenvalue weighted by molar-refractivity contribution is 4.87. The minimum absolute atomic E-state index is 0.0839. The molecule has 0 bridgehead atoms. The monoisotopic (exact) mass is 156 g/mol. The molecule has 0 saturated carbocycles. The van der Waals surface area contributed by atoms with E-state index in [1.54, 1.807) is 0 Å². The van der Waals surface area contributed by atoms with Crippen molar-refractivity contribution in [2.45, 2.75) is 52.1 Å². The molecule has 1 atom stereocenters. The van der Waals surface area contributed by atoms with Crippen molar-refractivity contribution in [1.82, 2.24) is 0 Å². The van der Waals surface area contributed by atoms with Gasteiger partial charge in [0, 0.05) is 0 Å². The molecule has 0 amide bonds. The van der Waals surface area contributed by atoms with Crippen LogP contribution in [0.3, 0.4) is 0 Å². The van der Waals surface area contributed by atoms with Crippen LogP contribution in [-0.2, 0) is 0 Å². The number of allylic oxidation sites excluding steroid dienone is 1. The Bertz CT molecular complexity index is 107. The van der Waals surface area contributed by atoms with Gasteiger partial charge in [-0.1, -0.05) is 18.9 Å². The average molecular weight is 156 g/mol. The lowest BCUT2D eigenvalue weighted by molar-refractivity contribution is 0.151. The number of hydrogen-bond acceptors (Lipinski definition) is 1. The van der Waals surface area contributed by atoms with Crippen LogP contribution in [0, 0.1) is 0 Å². The first kappa shape index (κ1) is 10.7. The number of aliphatic hydroxyl groups is 1. The number of rotatable bonds is 6. The first-order valence-corrected chi connectivity index (χ1v) is 4.49. The predicted octanol–water partition coefficient (Wildman–Crippen LogP) is 2.89. The van der Waals surface area contributed by atoms with E-state index in [0.717, 1.165) is 32.1 Å².